The summed E-state index contributed by atoms with van der Waals surface area (Å²) in [4.78, 5) is 16.7. The molecule has 0 saturated heterocycles. The number of anilines is 1. The summed E-state index contributed by atoms with van der Waals surface area (Å²) in [6.07, 6.45) is 1.55. The van der Waals surface area contributed by atoms with E-state index in [1.807, 2.05) is 78.9 Å². The first-order valence-corrected chi connectivity index (χ1v) is 9.11. The maximum atomic E-state index is 12.6. The molecule has 0 aliphatic carbocycles. The maximum absolute atomic E-state index is 12.6. The average Bonchev–Trinajstić information content (AvgIpc) is 2.79. The maximum Gasteiger partial charge on any atom is 0.281 e. The van der Waals surface area contributed by atoms with E-state index in [0.717, 1.165) is 18.4 Å². The molecule has 4 aromatic rings. The second-order valence-corrected chi connectivity index (χ2v) is 6.05. The van der Waals surface area contributed by atoms with Crippen molar-refractivity contribution in [3.63, 3.8) is 0 Å². The summed E-state index contributed by atoms with van der Waals surface area (Å²) in [6.45, 7) is 2.08. The zero-order valence-corrected chi connectivity index (χ0v) is 16.6. The minimum Gasteiger partial charge on any atom is -0.400 e. The monoisotopic (exact) mass is 387 g/mol. The number of aryl methyl sites for hydroxylation is 1. The lowest BCUT2D eigenvalue weighted by atomic mass is 10.1. The Morgan fingerprint density at radius 2 is 1.28 bits per heavy atom. The van der Waals surface area contributed by atoms with Gasteiger partial charge in [-0.05, 0) is 19.1 Å². The van der Waals surface area contributed by atoms with Gasteiger partial charge < -0.3 is 10.8 Å². The highest BCUT2D eigenvalue weighted by molar-refractivity contribution is 5.60. The first kappa shape index (κ1) is 21.6. The third kappa shape index (κ3) is 6.16. The molecule has 5 nitrogen and oxygen atoms in total. The zero-order chi connectivity index (χ0) is 21.1. The van der Waals surface area contributed by atoms with E-state index in [-0.39, 0.29) is 5.56 Å². The first-order chi connectivity index (χ1) is 14.1. The predicted octanol–water partition coefficient (Wildman–Crippen LogP) is 4.09. The number of nitrogen functional groups attached to an aromatic ring is 1. The number of nitrogens with zero attached hydrogens (tertiary/aromatic N) is 2. The van der Waals surface area contributed by atoms with Gasteiger partial charge in [-0.15, -0.1) is 0 Å². The normalized spacial score (nSPS) is 9.48. The van der Waals surface area contributed by atoms with Crippen molar-refractivity contribution in [1.29, 1.82) is 0 Å². The van der Waals surface area contributed by atoms with E-state index in [2.05, 4.69) is 24.0 Å². The van der Waals surface area contributed by atoms with Gasteiger partial charge in [0.25, 0.3) is 5.56 Å². The summed E-state index contributed by atoms with van der Waals surface area (Å²) in [7, 11) is 1.00. The molecule has 4 rings (SSSR count). The van der Waals surface area contributed by atoms with Crippen LogP contribution in [0.15, 0.2) is 102 Å². The van der Waals surface area contributed by atoms with Gasteiger partial charge >= 0.3 is 0 Å². The summed E-state index contributed by atoms with van der Waals surface area (Å²) in [5.41, 5.74) is 8.85. The smallest absolute Gasteiger partial charge is 0.281 e. The molecule has 0 radical (unpaired) electrons. The lowest BCUT2D eigenvalue weighted by Crippen LogP contribution is -2.22. The van der Waals surface area contributed by atoms with Crippen molar-refractivity contribution in [3.05, 3.63) is 113 Å². The lowest BCUT2D eigenvalue weighted by molar-refractivity contribution is 0.399. The molecule has 1 heterocycles. The van der Waals surface area contributed by atoms with Crippen molar-refractivity contribution in [2.45, 2.75) is 6.92 Å². The summed E-state index contributed by atoms with van der Waals surface area (Å²) in [5.74, 6) is 0.312. The number of hydrogen-bond donors (Lipinski definition) is 2. The molecule has 0 aliphatic rings. The Bertz CT molecular complexity index is 984. The van der Waals surface area contributed by atoms with Crippen molar-refractivity contribution in [3.8, 4) is 16.9 Å². The first-order valence-electron chi connectivity index (χ1n) is 9.11. The van der Waals surface area contributed by atoms with Crippen LogP contribution in [-0.2, 0) is 0 Å². The van der Waals surface area contributed by atoms with Gasteiger partial charge in [0.05, 0.1) is 6.20 Å². The number of nitrogens with two attached hydrogens (primary N) is 1. The number of rotatable bonds is 2. The van der Waals surface area contributed by atoms with E-state index in [0.29, 0.717) is 11.5 Å². The molecule has 3 aromatic carbocycles. The molecular weight excluding hydrogens is 362 g/mol. The molecule has 1 aromatic heterocycles. The third-order valence-electron chi connectivity index (χ3n) is 3.95. The Kier molecular flexibility index (Phi) is 8.35. The van der Waals surface area contributed by atoms with Crippen LogP contribution in [0.5, 0.6) is 0 Å². The van der Waals surface area contributed by atoms with Crippen LogP contribution in [0.4, 0.5) is 5.82 Å². The standard InChI is InChI=1S/C16H13N3O.C7H8.CH4O/c17-14-11-19(13-9-5-2-6-10-13)16(20)15(18-14)12-7-3-1-4-8-12;1-7-5-3-2-4-6-7;1-2/h1-11H,17H2;2-6H,1H3;2H,1H3. The van der Waals surface area contributed by atoms with Gasteiger partial charge in [0.2, 0.25) is 0 Å². The molecule has 0 spiro atoms. The van der Waals surface area contributed by atoms with Gasteiger partial charge in [-0.3, -0.25) is 9.36 Å². The quantitative estimate of drug-likeness (QED) is 0.543. The number of aromatic nitrogens is 2. The fraction of sp³-hybridized carbons (Fsp3) is 0.0833. The van der Waals surface area contributed by atoms with Crippen molar-refractivity contribution < 1.29 is 5.11 Å². The van der Waals surface area contributed by atoms with Crippen LogP contribution in [0.3, 0.4) is 0 Å². The van der Waals surface area contributed by atoms with Crippen LogP contribution >= 0.6 is 0 Å². The molecule has 0 bridgehead atoms. The van der Waals surface area contributed by atoms with Crippen molar-refractivity contribution in [1.82, 2.24) is 9.55 Å². The molecule has 0 atom stereocenters. The van der Waals surface area contributed by atoms with Crippen molar-refractivity contribution in [2.24, 2.45) is 0 Å². The minimum atomic E-state index is -0.184. The van der Waals surface area contributed by atoms with Crippen molar-refractivity contribution in [2.75, 3.05) is 12.8 Å². The molecule has 0 saturated carbocycles. The number of hydrogen-bond acceptors (Lipinski definition) is 4. The second-order valence-electron chi connectivity index (χ2n) is 6.05. The second kappa shape index (κ2) is 11.2. The molecule has 29 heavy (non-hydrogen) atoms. The van der Waals surface area contributed by atoms with E-state index >= 15 is 0 Å². The molecule has 0 unspecified atom stereocenters. The molecule has 0 aliphatic heterocycles. The molecule has 148 valence electrons. The fourth-order valence-corrected chi connectivity index (χ4v) is 2.61. The van der Waals surface area contributed by atoms with Crippen LogP contribution in [-0.4, -0.2) is 21.8 Å². The lowest BCUT2D eigenvalue weighted by Gasteiger charge is -2.09. The number of benzene rings is 3. The van der Waals surface area contributed by atoms with E-state index < -0.39 is 0 Å². The largest absolute Gasteiger partial charge is 0.400 e. The molecule has 0 amide bonds. The van der Waals surface area contributed by atoms with Crippen LogP contribution in [0.2, 0.25) is 0 Å². The van der Waals surface area contributed by atoms with Gasteiger partial charge in [0.15, 0.2) is 0 Å². The summed E-state index contributed by atoms with van der Waals surface area (Å²) in [6, 6.07) is 28.9. The summed E-state index contributed by atoms with van der Waals surface area (Å²) in [5, 5.41) is 7.00. The van der Waals surface area contributed by atoms with Crippen LogP contribution in [0, 0.1) is 6.92 Å². The average molecular weight is 387 g/mol. The van der Waals surface area contributed by atoms with Crippen LogP contribution in [0.25, 0.3) is 16.9 Å². The Labute approximate surface area is 170 Å². The van der Waals surface area contributed by atoms with Gasteiger partial charge in [-0.1, -0.05) is 84.4 Å². The Balaban J connectivity index is 0.000000280. The van der Waals surface area contributed by atoms with E-state index in [1.54, 1.807) is 6.20 Å². The zero-order valence-electron chi connectivity index (χ0n) is 16.6. The Morgan fingerprint density at radius 1 is 0.793 bits per heavy atom. The molecular formula is C24H25N3O2. The van der Waals surface area contributed by atoms with Crippen LogP contribution in [0.1, 0.15) is 5.56 Å². The third-order valence-corrected chi connectivity index (χ3v) is 3.95. The van der Waals surface area contributed by atoms with Gasteiger partial charge in [0, 0.05) is 18.4 Å². The van der Waals surface area contributed by atoms with Gasteiger partial charge in [-0.2, -0.15) is 0 Å². The predicted molar refractivity (Wildman–Crippen MR) is 119 cm³/mol. The fourth-order valence-electron chi connectivity index (χ4n) is 2.61. The number of aliphatic hydroxyl groups is 1. The van der Waals surface area contributed by atoms with Gasteiger partial charge in [-0.25, -0.2) is 4.98 Å². The van der Waals surface area contributed by atoms with Crippen LogP contribution < -0.4 is 11.3 Å². The molecule has 3 N–H and O–H groups in total. The van der Waals surface area contributed by atoms with E-state index in [9.17, 15) is 4.79 Å². The molecule has 0 fully saturated rings. The Morgan fingerprint density at radius 3 is 1.76 bits per heavy atom. The number of para-hydroxylation sites is 1. The van der Waals surface area contributed by atoms with Crippen molar-refractivity contribution >= 4 is 5.82 Å². The summed E-state index contributed by atoms with van der Waals surface area (Å²) < 4.78 is 1.52. The highest BCUT2D eigenvalue weighted by atomic mass is 16.2. The topological polar surface area (TPSA) is 81.1 Å². The van der Waals surface area contributed by atoms with E-state index in [4.69, 9.17) is 10.8 Å². The highest BCUT2D eigenvalue weighted by Crippen LogP contribution is 2.15. The Hall–Kier alpha value is -3.70. The van der Waals surface area contributed by atoms with E-state index in [1.165, 1.54) is 10.1 Å². The molecule has 5 heteroatoms. The van der Waals surface area contributed by atoms with Gasteiger partial charge in [0.1, 0.15) is 11.5 Å². The summed E-state index contributed by atoms with van der Waals surface area (Å²) >= 11 is 0. The number of aliphatic hydroxyl groups excluding tert-OH is 1. The SMILES string of the molecule is CO.Cc1ccccc1.Nc1cn(-c2ccccc2)c(=O)c(-c2ccccc2)n1. The minimum absolute atomic E-state index is 0.184. The highest BCUT2D eigenvalue weighted by Gasteiger charge is 2.10.